The number of hydrogen-bond donors (Lipinski definition) is 1. The van der Waals surface area contributed by atoms with E-state index in [-0.39, 0.29) is 11.9 Å². The fourth-order valence-corrected chi connectivity index (χ4v) is 2.46. The lowest BCUT2D eigenvalue weighted by atomic mass is 10.1. The predicted molar refractivity (Wildman–Crippen MR) is 89.9 cm³/mol. The number of rotatable bonds is 5. The lowest BCUT2D eigenvalue weighted by Crippen LogP contribution is -2.47. The van der Waals surface area contributed by atoms with Crippen LogP contribution in [0, 0.1) is 6.92 Å². The number of anilines is 1. The molecule has 0 aliphatic heterocycles. The van der Waals surface area contributed by atoms with Crippen molar-refractivity contribution >= 4 is 11.6 Å². The van der Waals surface area contributed by atoms with Gasteiger partial charge in [-0.25, -0.2) is 0 Å². The molecule has 1 aromatic heterocycles. The standard InChI is InChI=1S/C19H24N2O/c1-5-16-9-11-18(12-10-16)20-19(22)15(4)21-13-17(6-2)8-7-14(21)3/h7-13,15H,5-6H2,1-4H3/p+1/t15-/m0/s1. The first-order valence-corrected chi connectivity index (χ1v) is 7.95. The quantitative estimate of drug-likeness (QED) is 0.840. The number of aromatic nitrogens is 1. The molecule has 1 atom stereocenters. The molecule has 0 unspecified atom stereocenters. The van der Waals surface area contributed by atoms with Gasteiger partial charge in [-0.2, -0.15) is 4.57 Å². The second kappa shape index (κ2) is 7.21. The van der Waals surface area contributed by atoms with Crippen molar-refractivity contribution in [3.05, 3.63) is 59.4 Å². The van der Waals surface area contributed by atoms with Crippen LogP contribution in [0.15, 0.2) is 42.6 Å². The highest BCUT2D eigenvalue weighted by Gasteiger charge is 2.24. The smallest absolute Gasteiger partial charge is 0.293 e. The SMILES string of the molecule is CCc1ccc(NC(=O)[C@H](C)[n+]2cc(CC)ccc2C)cc1. The number of pyridine rings is 1. The Morgan fingerprint density at radius 1 is 1.05 bits per heavy atom. The molecule has 0 fully saturated rings. The van der Waals surface area contributed by atoms with Crippen molar-refractivity contribution in [3.63, 3.8) is 0 Å². The van der Waals surface area contributed by atoms with Gasteiger partial charge in [0.25, 0.3) is 5.91 Å². The highest BCUT2D eigenvalue weighted by atomic mass is 16.2. The molecule has 0 aliphatic carbocycles. The van der Waals surface area contributed by atoms with Crippen LogP contribution in [0.2, 0.25) is 0 Å². The van der Waals surface area contributed by atoms with Gasteiger partial charge in [-0.3, -0.25) is 4.79 Å². The Labute approximate surface area is 133 Å². The molecule has 116 valence electrons. The summed E-state index contributed by atoms with van der Waals surface area (Å²) in [6, 6.07) is 12.0. The summed E-state index contributed by atoms with van der Waals surface area (Å²) in [4.78, 5) is 12.5. The van der Waals surface area contributed by atoms with Crippen LogP contribution >= 0.6 is 0 Å². The largest absolute Gasteiger partial charge is 0.320 e. The van der Waals surface area contributed by atoms with E-state index < -0.39 is 0 Å². The molecular weight excluding hydrogens is 272 g/mol. The van der Waals surface area contributed by atoms with Gasteiger partial charge in [0.05, 0.1) is 0 Å². The van der Waals surface area contributed by atoms with Gasteiger partial charge in [-0.1, -0.05) is 26.0 Å². The Morgan fingerprint density at radius 2 is 1.64 bits per heavy atom. The first kappa shape index (κ1) is 16.2. The van der Waals surface area contributed by atoms with Crippen LogP contribution in [-0.4, -0.2) is 5.91 Å². The number of carbonyl (C=O) groups is 1. The molecule has 1 heterocycles. The molecule has 0 spiro atoms. The van der Waals surface area contributed by atoms with E-state index in [0.717, 1.165) is 24.2 Å². The molecule has 0 saturated carbocycles. The minimum absolute atomic E-state index is 0.00519. The van der Waals surface area contributed by atoms with Gasteiger partial charge in [0, 0.05) is 31.2 Å². The van der Waals surface area contributed by atoms with Crippen LogP contribution in [-0.2, 0) is 17.6 Å². The molecule has 0 radical (unpaired) electrons. The molecule has 0 aliphatic rings. The average Bonchev–Trinajstić information content (AvgIpc) is 2.55. The highest BCUT2D eigenvalue weighted by Crippen LogP contribution is 2.12. The van der Waals surface area contributed by atoms with Crippen LogP contribution in [0.5, 0.6) is 0 Å². The maximum atomic E-state index is 12.5. The molecule has 0 saturated heterocycles. The van der Waals surface area contributed by atoms with Crippen molar-refractivity contribution in [3.8, 4) is 0 Å². The van der Waals surface area contributed by atoms with E-state index in [4.69, 9.17) is 0 Å². The molecular formula is C19H25N2O+. The van der Waals surface area contributed by atoms with Crippen LogP contribution in [0.25, 0.3) is 0 Å². The van der Waals surface area contributed by atoms with Gasteiger partial charge >= 0.3 is 0 Å². The van der Waals surface area contributed by atoms with Gasteiger partial charge in [0.15, 0.2) is 11.9 Å². The molecule has 3 nitrogen and oxygen atoms in total. The third-order valence-electron chi connectivity index (χ3n) is 4.09. The fourth-order valence-electron chi connectivity index (χ4n) is 2.46. The summed E-state index contributed by atoms with van der Waals surface area (Å²) in [5.74, 6) is 0.00519. The molecule has 2 aromatic rings. The highest BCUT2D eigenvalue weighted by molar-refractivity contribution is 5.92. The number of aryl methyl sites for hydroxylation is 3. The minimum Gasteiger partial charge on any atom is -0.320 e. The maximum Gasteiger partial charge on any atom is 0.293 e. The lowest BCUT2D eigenvalue weighted by molar-refractivity contribution is -0.711. The van der Waals surface area contributed by atoms with Gasteiger partial charge in [-0.05, 0) is 36.6 Å². The summed E-state index contributed by atoms with van der Waals surface area (Å²) >= 11 is 0. The Balaban J connectivity index is 2.14. The van der Waals surface area contributed by atoms with E-state index in [2.05, 4.69) is 49.6 Å². The first-order valence-electron chi connectivity index (χ1n) is 7.95. The van der Waals surface area contributed by atoms with Gasteiger partial charge < -0.3 is 5.32 Å². The number of amides is 1. The zero-order valence-corrected chi connectivity index (χ0v) is 13.9. The van der Waals surface area contributed by atoms with E-state index in [0.29, 0.717) is 0 Å². The summed E-state index contributed by atoms with van der Waals surface area (Å²) < 4.78 is 2.04. The normalized spacial score (nSPS) is 12.0. The average molecular weight is 297 g/mol. The molecule has 3 heteroatoms. The van der Waals surface area contributed by atoms with Crippen molar-refractivity contribution < 1.29 is 9.36 Å². The van der Waals surface area contributed by atoms with Gasteiger partial charge in [0.1, 0.15) is 0 Å². The summed E-state index contributed by atoms with van der Waals surface area (Å²) in [6.45, 7) is 8.20. The van der Waals surface area contributed by atoms with E-state index >= 15 is 0 Å². The second-order valence-corrected chi connectivity index (χ2v) is 5.66. The monoisotopic (exact) mass is 297 g/mol. The number of hydrogen-bond acceptors (Lipinski definition) is 1. The molecule has 1 aromatic carbocycles. The number of nitrogens with zero attached hydrogens (tertiary/aromatic N) is 1. The van der Waals surface area contributed by atoms with E-state index in [9.17, 15) is 4.79 Å². The molecule has 0 bridgehead atoms. The molecule has 2 rings (SSSR count). The van der Waals surface area contributed by atoms with Crippen LogP contribution in [0.3, 0.4) is 0 Å². The maximum absolute atomic E-state index is 12.5. The topological polar surface area (TPSA) is 33.0 Å². The summed E-state index contributed by atoms with van der Waals surface area (Å²) in [5.41, 5.74) is 4.43. The van der Waals surface area contributed by atoms with Gasteiger partial charge in [-0.15, -0.1) is 0 Å². The minimum atomic E-state index is -0.239. The van der Waals surface area contributed by atoms with Crippen molar-refractivity contribution in [2.75, 3.05) is 5.32 Å². The van der Waals surface area contributed by atoms with Crippen molar-refractivity contribution in [1.82, 2.24) is 0 Å². The van der Waals surface area contributed by atoms with Crippen molar-refractivity contribution in [2.24, 2.45) is 0 Å². The Morgan fingerprint density at radius 3 is 2.23 bits per heavy atom. The predicted octanol–water partition coefficient (Wildman–Crippen LogP) is 3.61. The number of carbonyl (C=O) groups excluding carboxylic acids is 1. The second-order valence-electron chi connectivity index (χ2n) is 5.66. The first-order chi connectivity index (χ1) is 10.5. The molecule has 1 amide bonds. The van der Waals surface area contributed by atoms with E-state index in [1.165, 1.54) is 11.1 Å². The van der Waals surface area contributed by atoms with Crippen LogP contribution in [0.1, 0.15) is 43.6 Å². The Bertz CT molecular complexity index is 647. The Kier molecular flexibility index (Phi) is 5.31. The number of benzene rings is 1. The van der Waals surface area contributed by atoms with Crippen LogP contribution in [0.4, 0.5) is 5.69 Å². The Hall–Kier alpha value is -2.16. The number of nitrogens with one attached hydrogen (secondary N) is 1. The molecule has 22 heavy (non-hydrogen) atoms. The zero-order chi connectivity index (χ0) is 16.1. The van der Waals surface area contributed by atoms with Gasteiger partial charge in [0.2, 0.25) is 6.04 Å². The third-order valence-corrected chi connectivity index (χ3v) is 4.09. The summed E-state index contributed by atoms with van der Waals surface area (Å²) in [6.07, 6.45) is 4.04. The fraction of sp³-hybridized carbons (Fsp3) is 0.368. The van der Waals surface area contributed by atoms with E-state index in [1.807, 2.05) is 30.5 Å². The van der Waals surface area contributed by atoms with Crippen LogP contribution < -0.4 is 9.88 Å². The third kappa shape index (κ3) is 3.73. The summed E-state index contributed by atoms with van der Waals surface area (Å²) in [5, 5.41) is 3.00. The van der Waals surface area contributed by atoms with E-state index in [1.54, 1.807) is 0 Å². The van der Waals surface area contributed by atoms with Crippen molar-refractivity contribution in [2.45, 2.75) is 46.6 Å². The lowest BCUT2D eigenvalue weighted by Gasteiger charge is -2.11. The summed E-state index contributed by atoms with van der Waals surface area (Å²) in [7, 11) is 0. The zero-order valence-electron chi connectivity index (χ0n) is 13.9. The van der Waals surface area contributed by atoms with Crippen molar-refractivity contribution in [1.29, 1.82) is 0 Å². The molecule has 1 N–H and O–H groups in total.